The summed E-state index contributed by atoms with van der Waals surface area (Å²) in [6.07, 6.45) is 2.89. The Bertz CT molecular complexity index is 1210. The third-order valence-electron chi connectivity index (χ3n) is 4.18. The third-order valence-corrected chi connectivity index (χ3v) is 5.30. The molecule has 0 atom stereocenters. The van der Waals surface area contributed by atoms with Gasteiger partial charge >= 0.3 is 5.97 Å². The molecule has 0 saturated heterocycles. The maximum atomic E-state index is 12.5. The number of carbonyl (C=O) groups is 1. The number of benzene rings is 1. The van der Waals surface area contributed by atoms with Gasteiger partial charge in [-0.05, 0) is 48.4 Å². The molecule has 0 bridgehead atoms. The van der Waals surface area contributed by atoms with E-state index in [0.717, 1.165) is 11.8 Å². The number of rotatable bonds is 6. The number of pyridine rings is 1. The van der Waals surface area contributed by atoms with Gasteiger partial charge in [0.15, 0.2) is 9.84 Å². The Morgan fingerprint density at radius 2 is 2.04 bits per heavy atom. The lowest BCUT2D eigenvalue weighted by Crippen LogP contribution is -2.06. The van der Waals surface area contributed by atoms with E-state index in [1.807, 2.05) is 0 Å². The summed E-state index contributed by atoms with van der Waals surface area (Å²) in [6.45, 7) is 2.12. The first-order valence-corrected chi connectivity index (χ1v) is 10.4. The van der Waals surface area contributed by atoms with E-state index in [2.05, 4.69) is 10.0 Å². The van der Waals surface area contributed by atoms with Gasteiger partial charge < -0.3 is 9.14 Å². The smallest absolute Gasteiger partial charge is 0.340 e. The van der Waals surface area contributed by atoms with Crippen molar-refractivity contribution in [3.05, 3.63) is 70.2 Å². The van der Waals surface area contributed by atoms with E-state index in [0.29, 0.717) is 22.3 Å². The minimum absolute atomic E-state index is 0.162. The summed E-state index contributed by atoms with van der Waals surface area (Å²) in [6, 6.07) is 11.7. The molecule has 0 radical (unpaired) electrons. The van der Waals surface area contributed by atoms with Crippen LogP contribution < -0.4 is 0 Å². The molecule has 3 aromatic rings. The number of sulfone groups is 1. The predicted molar refractivity (Wildman–Crippen MR) is 105 cm³/mol. The molecule has 2 aromatic heterocycles. The molecule has 0 spiro atoms. The average Bonchev–Trinajstić information content (AvgIpc) is 3.05. The fraction of sp³-hybridized carbons (Fsp3) is 0.211. The molecule has 9 heteroatoms. The van der Waals surface area contributed by atoms with Crippen molar-refractivity contribution in [2.45, 2.75) is 18.4 Å². The number of hydrogen-bond donors (Lipinski definition) is 0. The Balaban J connectivity index is 2.25. The van der Waals surface area contributed by atoms with Gasteiger partial charge in [-0.2, -0.15) is 0 Å². The standard InChI is InChI=1S/C19H18N4O4S/c1-3-27-19(24)17-11-15-9-13(12-21-22-20)7-8-23(15)18(17)14-5-4-6-16(10-14)28(2,25)26/h4-11H,3,12H2,1-2H3. The van der Waals surface area contributed by atoms with Crippen molar-refractivity contribution in [1.29, 1.82) is 0 Å². The molecule has 2 heterocycles. The topological polar surface area (TPSA) is 114 Å². The highest BCUT2D eigenvalue weighted by atomic mass is 32.2. The molecule has 144 valence electrons. The second-order valence-electron chi connectivity index (χ2n) is 6.15. The highest BCUT2D eigenvalue weighted by Gasteiger charge is 2.20. The van der Waals surface area contributed by atoms with Gasteiger partial charge in [-0.1, -0.05) is 17.2 Å². The van der Waals surface area contributed by atoms with E-state index in [4.69, 9.17) is 10.3 Å². The number of nitrogens with zero attached hydrogens (tertiary/aromatic N) is 4. The van der Waals surface area contributed by atoms with E-state index in [-0.39, 0.29) is 18.0 Å². The first kappa shape index (κ1) is 19.5. The fourth-order valence-corrected chi connectivity index (χ4v) is 3.64. The van der Waals surface area contributed by atoms with Crippen molar-refractivity contribution in [3.63, 3.8) is 0 Å². The predicted octanol–water partition coefficient (Wildman–Crippen LogP) is 4.00. The zero-order valence-corrected chi connectivity index (χ0v) is 16.2. The number of fused-ring (bicyclic) bond motifs is 1. The molecule has 0 N–H and O–H groups in total. The van der Waals surface area contributed by atoms with Crippen LogP contribution in [-0.4, -0.2) is 31.7 Å². The summed E-state index contributed by atoms with van der Waals surface area (Å²) in [5.41, 5.74) is 11.4. The van der Waals surface area contributed by atoms with Crippen molar-refractivity contribution in [2.75, 3.05) is 12.9 Å². The zero-order chi connectivity index (χ0) is 20.3. The molecule has 0 unspecified atom stereocenters. The Labute approximate surface area is 161 Å². The second-order valence-corrected chi connectivity index (χ2v) is 8.16. The largest absolute Gasteiger partial charge is 0.462 e. The Kier molecular flexibility index (Phi) is 5.39. The van der Waals surface area contributed by atoms with Gasteiger partial charge in [0.2, 0.25) is 0 Å². The maximum Gasteiger partial charge on any atom is 0.340 e. The first-order chi connectivity index (χ1) is 13.3. The lowest BCUT2D eigenvalue weighted by molar-refractivity contribution is 0.0527. The second kappa shape index (κ2) is 7.75. The van der Waals surface area contributed by atoms with E-state index in [1.54, 1.807) is 47.9 Å². The van der Waals surface area contributed by atoms with Crippen LogP contribution in [0.25, 0.3) is 27.2 Å². The summed E-state index contributed by atoms with van der Waals surface area (Å²) in [5, 5.41) is 3.55. The summed E-state index contributed by atoms with van der Waals surface area (Å²) in [5.74, 6) is -0.498. The lowest BCUT2D eigenvalue weighted by Gasteiger charge is -2.09. The van der Waals surface area contributed by atoms with Crippen LogP contribution in [0.15, 0.2) is 58.7 Å². The quantitative estimate of drug-likeness (QED) is 0.270. The summed E-state index contributed by atoms with van der Waals surface area (Å²) >= 11 is 0. The molecule has 28 heavy (non-hydrogen) atoms. The van der Waals surface area contributed by atoms with Gasteiger partial charge in [0.1, 0.15) is 0 Å². The van der Waals surface area contributed by atoms with Gasteiger partial charge in [0.05, 0.1) is 29.3 Å². The summed E-state index contributed by atoms with van der Waals surface area (Å²) in [7, 11) is -3.40. The van der Waals surface area contributed by atoms with Crippen molar-refractivity contribution in [3.8, 4) is 11.3 Å². The van der Waals surface area contributed by atoms with E-state index >= 15 is 0 Å². The van der Waals surface area contributed by atoms with Gasteiger partial charge in [0.25, 0.3) is 0 Å². The maximum absolute atomic E-state index is 12.5. The average molecular weight is 398 g/mol. The van der Waals surface area contributed by atoms with Crippen molar-refractivity contribution in [1.82, 2.24) is 4.40 Å². The van der Waals surface area contributed by atoms with Crippen LogP contribution in [-0.2, 0) is 21.1 Å². The van der Waals surface area contributed by atoms with Crippen LogP contribution >= 0.6 is 0 Å². The molecule has 0 aliphatic heterocycles. The number of ether oxygens (including phenoxy) is 1. The normalized spacial score (nSPS) is 11.2. The van der Waals surface area contributed by atoms with Crippen LogP contribution in [0.3, 0.4) is 0 Å². The number of esters is 1. The Morgan fingerprint density at radius 1 is 1.25 bits per heavy atom. The van der Waals surface area contributed by atoms with Crippen LogP contribution in [0.5, 0.6) is 0 Å². The molecule has 0 saturated carbocycles. The summed E-state index contributed by atoms with van der Waals surface area (Å²) in [4.78, 5) is 15.4. The lowest BCUT2D eigenvalue weighted by atomic mass is 10.1. The number of carbonyl (C=O) groups excluding carboxylic acids is 1. The molecular weight excluding hydrogens is 380 g/mol. The number of azide groups is 1. The van der Waals surface area contributed by atoms with E-state index in [9.17, 15) is 13.2 Å². The van der Waals surface area contributed by atoms with Crippen molar-refractivity contribution in [2.24, 2.45) is 5.11 Å². The molecular formula is C19H18N4O4S. The molecule has 1 aromatic carbocycles. The van der Waals surface area contributed by atoms with Crippen LogP contribution in [0.4, 0.5) is 0 Å². The Morgan fingerprint density at radius 3 is 2.71 bits per heavy atom. The van der Waals surface area contributed by atoms with Crippen LogP contribution in [0.1, 0.15) is 22.8 Å². The molecule has 0 amide bonds. The molecule has 0 aliphatic carbocycles. The Hall–Kier alpha value is -3.29. The van der Waals surface area contributed by atoms with Gasteiger partial charge in [-0.15, -0.1) is 0 Å². The number of aromatic nitrogens is 1. The third kappa shape index (κ3) is 3.85. The van der Waals surface area contributed by atoms with Gasteiger partial charge in [-0.3, -0.25) is 0 Å². The molecule has 0 aliphatic rings. The van der Waals surface area contributed by atoms with Crippen LogP contribution in [0.2, 0.25) is 0 Å². The molecule has 0 fully saturated rings. The van der Waals surface area contributed by atoms with Crippen molar-refractivity contribution >= 4 is 21.3 Å². The van der Waals surface area contributed by atoms with Crippen LogP contribution in [0, 0.1) is 0 Å². The number of hydrogen-bond acceptors (Lipinski definition) is 5. The minimum atomic E-state index is -3.40. The highest BCUT2D eigenvalue weighted by molar-refractivity contribution is 7.90. The van der Waals surface area contributed by atoms with Gasteiger partial charge in [0, 0.05) is 28.4 Å². The monoisotopic (exact) mass is 398 g/mol. The van der Waals surface area contributed by atoms with Gasteiger partial charge in [-0.25, -0.2) is 13.2 Å². The minimum Gasteiger partial charge on any atom is -0.462 e. The zero-order valence-electron chi connectivity index (χ0n) is 15.4. The summed E-state index contributed by atoms with van der Waals surface area (Å²) < 4.78 is 30.9. The highest BCUT2D eigenvalue weighted by Crippen LogP contribution is 2.30. The van der Waals surface area contributed by atoms with E-state index in [1.165, 1.54) is 12.1 Å². The fourth-order valence-electron chi connectivity index (χ4n) is 2.97. The molecule has 8 nitrogen and oxygen atoms in total. The SMILES string of the molecule is CCOC(=O)c1cc2cc(CN=[N+]=[N-])ccn2c1-c1cccc(S(C)(=O)=O)c1. The van der Waals surface area contributed by atoms with E-state index < -0.39 is 15.8 Å². The first-order valence-electron chi connectivity index (χ1n) is 8.47. The van der Waals surface area contributed by atoms with Crippen molar-refractivity contribution < 1.29 is 17.9 Å². The molecule has 3 rings (SSSR count).